The number of nitrogens with one attached hydrogen (secondary N) is 1. The van der Waals surface area contributed by atoms with Crippen LogP contribution in [0.1, 0.15) is 64.1 Å². The molecule has 0 bridgehead atoms. The molecule has 2 rings (SSSR count). The van der Waals surface area contributed by atoms with Crippen LogP contribution < -0.4 is 5.32 Å². The average Bonchev–Trinajstić information content (AvgIpc) is 2.59. The van der Waals surface area contributed by atoms with Gasteiger partial charge in [-0.05, 0) is 48.8 Å². The van der Waals surface area contributed by atoms with Crippen molar-refractivity contribution < 1.29 is 4.74 Å². The SMILES string of the molecule is CCNC1c2ccccc2CCCC1OCCC(C)(C)C. The van der Waals surface area contributed by atoms with Gasteiger partial charge in [0.2, 0.25) is 0 Å². The topological polar surface area (TPSA) is 21.3 Å². The molecule has 1 N–H and O–H groups in total. The van der Waals surface area contributed by atoms with Crippen molar-refractivity contribution in [3.05, 3.63) is 35.4 Å². The number of benzene rings is 1. The van der Waals surface area contributed by atoms with Crippen LogP contribution in [0.15, 0.2) is 24.3 Å². The third kappa shape index (κ3) is 4.82. The van der Waals surface area contributed by atoms with E-state index in [1.807, 2.05) is 0 Å². The summed E-state index contributed by atoms with van der Waals surface area (Å²) < 4.78 is 6.30. The lowest BCUT2D eigenvalue weighted by molar-refractivity contribution is 0.00923. The fraction of sp³-hybridized carbons (Fsp3) is 0.684. The molecule has 1 aromatic carbocycles. The molecular weight excluding hydrogens is 258 g/mol. The Hall–Kier alpha value is -0.860. The largest absolute Gasteiger partial charge is 0.376 e. The molecule has 0 aromatic heterocycles. The maximum Gasteiger partial charge on any atom is 0.0769 e. The number of hydrogen-bond acceptors (Lipinski definition) is 2. The molecule has 0 radical (unpaired) electrons. The smallest absolute Gasteiger partial charge is 0.0769 e. The summed E-state index contributed by atoms with van der Waals surface area (Å²) >= 11 is 0. The minimum absolute atomic E-state index is 0.302. The zero-order chi connectivity index (χ0) is 15.3. The number of likely N-dealkylation sites (N-methyl/N-ethyl adjacent to an activating group) is 1. The summed E-state index contributed by atoms with van der Waals surface area (Å²) in [6.07, 6.45) is 4.97. The Morgan fingerprint density at radius 3 is 2.71 bits per heavy atom. The Kier molecular flexibility index (Phi) is 5.83. The number of rotatable bonds is 5. The first-order valence-electron chi connectivity index (χ1n) is 8.44. The van der Waals surface area contributed by atoms with Gasteiger partial charge in [0.1, 0.15) is 0 Å². The molecule has 0 saturated carbocycles. The second kappa shape index (κ2) is 7.42. The molecule has 0 aliphatic heterocycles. The van der Waals surface area contributed by atoms with E-state index in [1.165, 1.54) is 24.0 Å². The molecule has 118 valence electrons. The van der Waals surface area contributed by atoms with Crippen LogP contribution in [0.3, 0.4) is 0 Å². The van der Waals surface area contributed by atoms with Crippen molar-refractivity contribution in [2.45, 2.75) is 65.5 Å². The van der Waals surface area contributed by atoms with Crippen molar-refractivity contribution >= 4 is 0 Å². The summed E-state index contributed by atoms with van der Waals surface area (Å²) in [5, 5.41) is 3.65. The van der Waals surface area contributed by atoms with Crippen molar-refractivity contribution in [3.8, 4) is 0 Å². The van der Waals surface area contributed by atoms with Crippen molar-refractivity contribution in [2.24, 2.45) is 5.41 Å². The van der Waals surface area contributed by atoms with Gasteiger partial charge in [-0.1, -0.05) is 52.0 Å². The Morgan fingerprint density at radius 2 is 2.00 bits per heavy atom. The summed E-state index contributed by atoms with van der Waals surface area (Å²) in [5.74, 6) is 0. The van der Waals surface area contributed by atoms with Crippen molar-refractivity contribution in [2.75, 3.05) is 13.2 Å². The Labute approximate surface area is 130 Å². The van der Waals surface area contributed by atoms with E-state index in [1.54, 1.807) is 0 Å². The molecule has 0 fully saturated rings. The maximum absolute atomic E-state index is 6.30. The van der Waals surface area contributed by atoms with Gasteiger partial charge in [0, 0.05) is 6.61 Å². The van der Waals surface area contributed by atoms with Crippen molar-refractivity contribution in [3.63, 3.8) is 0 Å². The summed E-state index contributed by atoms with van der Waals surface area (Å²) in [7, 11) is 0. The lowest BCUT2D eigenvalue weighted by Gasteiger charge is -2.29. The van der Waals surface area contributed by atoms with E-state index < -0.39 is 0 Å². The second-order valence-corrected chi connectivity index (χ2v) is 7.35. The van der Waals surface area contributed by atoms with Crippen molar-refractivity contribution in [1.29, 1.82) is 0 Å². The average molecular weight is 289 g/mol. The van der Waals surface area contributed by atoms with E-state index in [4.69, 9.17) is 4.74 Å². The fourth-order valence-corrected chi connectivity index (χ4v) is 3.08. The number of fused-ring (bicyclic) bond motifs is 1. The molecule has 0 spiro atoms. The van der Waals surface area contributed by atoms with Gasteiger partial charge in [-0.15, -0.1) is 0 Å². The monoisotopic (exact) mass is 289 g/mol. The molecule has 0 saturated heterocycles. The highest BCUT2D eigenvalue weighted by atomic mass is 16.5. The first-order valence-corrected chi connectivity index (χ1v) is 8.44. The van der Waals surface area contributed by atoms with E-state index in [-0.39, 0.29) is 0 Å². The van der Waals surface area contributed by atoms with E-state index in [0.29, 0.717) is 17.6 Å². The standard InChI is InChI=1S/C19H31NO/c1-5-20-18-16-11-7-6-9-15(16)10-8-12-17(18)21-14-13-19(2,3)4/h6-7,9,11,17-18,20H,5,8,10,12-14H2,1-4H3. The normalized spacial score (nSPS) is 22.7. The third-order valence-electron chi connectivity index (χ3n) is 4.30. The predicted molar refractivity (Wildman–Crippen MR) is 89.6 cm³/mol. The molecule has 0 heterocycles. The van der Waals surface area contributed by atoms with Gasteiger partial charge in [0.05, 0.1) is 12.1 Å². The number of ether oxygens (including phenoxy) is 1. The van der Waals surface area contributed by atoms with Crippen LogP contribution in [0.25, 0.3) is 0 Å². The Balaban J connectivity index is 2.09. The molecule has 2 unspecified atom stereocenters. The van der Waals surface area contributed by atoms with E-state index in [9.17, 15) is 0 Å². The molecule has 1 aromatic rings. The minimum Gasteiger partial charge on any atom is -0.376 e. The molecule has 0 amide bonds. The second-order valence-electron chi connectivity index (χ2n) is 7.35. The molecule has 1 aliphatic rings. The lowest BCUT2D eigenvalue weighted by atomic mass is 9.93. The molecule has 1 aliphatic carbocycles. The molecule has 2 nitrogen and oxygen atoms in total. The zero-order valence-electron chi connectivity index (χ0n) is 14.1. The van der Waals surface area contributed by atoms with Gasteiger partial charge in [-0.2, -0.15) is 0 Å². The number of aryl methyl sites for hydroxylation is 1. The Morgan fingerprint density at radius 1 is 1.24 bits per heavy atom. The molecular formula is C19H31NO. The predicted octanol–water partition coefficient (Wildman–Crippen LogP) is 4.49. The van der Waals surface area contributed by atoms with E-state index >= 15 is 0 Å². The highest BCUT2D eigenvalue weighted by Crippen LogP contribution is 2.31. The molecule has 2 atom stereocenters. The van der Waals surface area contributed by atoms with Crippen LogP contribution in [-0.4, -0.2) is 19.3 Å². The van der Waals surface area contributed by atoms with Crippen molar-refractivity contribution in [1.82, 2.24) is 5.32 Å². The summed E-state index contributed by atoms with van der Waals surface area (Å²) in [6.45, 7) is 10.9. The van der Waals surface area contributed by atoms with Crippen LogP contribution in [0.5, 0.6) is 0 Å². The van der Waals surface area contributed by atoms with Crippen LogP contribution in [0, 0.1) is 5.41 Å². The lowest BCUT2D eigenvalue weighted by Crippen LogP contribution is -2.34. The summed E-state index contributed by atoms with van der Waals surface area (Å²) in [4.78, 5) is 0. The third-order valence-corrected chi connectivity index (χ3v) is 4.30. The van der Waals surface area contributed by atoms with Crippen LogP contribution >= 0.6 is 0 Å². The van der Waals surface area contributed by atoms with Gasteiger partial charge >= 0.3 is 0 Å². The summed E-state index contributed by atoms with van der Waals surface area (Å²) in [5.41, 5.74) is 3.28. The maximum atomic E-state index is 6.30. The van der Waals surface area contributed by atoms with Gasteiger partial charge in [0.25, 0.3) is 0 Å². The van der Waals surface area contributed by atoms with Gasteiger partial charge in [-0.25, -0.2) is 0 Å². The zero-order valence-corrected chi connectivity index (χ0v) is 14.1. The van der Waals surface area contributed by atoms with E-state index in [0.717, 1.165) is 26.0 Å². The quantitative estimate of drug-likeness (QED) is 0.806. The van der Waals surface area contributed by atoms with Gasteiger partial charge in [0.15, 0.2) is 0 Å². The number of hydrogen-bond donors (Lipinski definition) is 1. The highest BCUT2D eigenvalue weighted by molar-refractivity contribution is 5.32. The minimum atomic E-state index is 0.302. The fourth-order valence-electron chi connectivity index (χ4n) is 3.08. The highest BCUT2D eigenvalue weighted by Gasteiger charge is 2.27. The van der Waals surface area contributed by atoms with E-state index in [2.05, 4.69) is 57.3 Å². The van der Waals surface area contributed by atoms with Gasteiger partial charge in [-0.3, -0.25) is 0 Å². The molecule has 21 heavy (non-hydrogen) atoms. The van der Waals surface area contributed by atoms with Crippen LogP contribution in [0.4, 0.5) is 0 Å². The van der Waals surface area contributed by atoms with Gasteiger partial charge < -0.3 is 10.1 Å². The van der Waals surface area contributed by atoms with Crippen LogP contribution in [-0.2, 0) is 11.2 Å². The first kappa shape index (κ1) is 16.5. The first-order chi connectivity index (χ1) is 10.0. The molecule has 2 heteroatoms. The van der Waals surface area contributed by atoms with Crippen LogP contribution in [0.2, 0.25) is 0 Å². The summed E-state index contributed by atoms with van der Waals surface area (Å²) in [6, 6.07) is 9.20. The Bertz CT molecular complexity index is 435.